The number of non-ortho nitro benzene ring substituents is 1. The Bertz CT molecular complexity index is 722. The lowest BCUT2D eigenvalue weighted by atomic mass is 10.1. The van der Waals surface area contributed by atoms with E-state index in [0.717, 1.165) is 23.3 Å². The number of carbonyl (C=O) groups is 1. The number of benzene rings is 1. The smallest absolute Gasteiger partial charge is 0.411 e. The molecule has 0 radical (unpaired) electrons. The number of nitro benzene ring substituents is 1. The molecule has 7 heteroatoms. The van der Waals surface area contributed by atoms with Crippen LogP contribution in [0.25, 0.3) is 0 Å². The molecule has 0 spiro atoms. The SMILES string of the molecule is CC(C)(C)OC(=O)N1CC=C[C@@H]1c1cc([N+](=O)[O-])ccc1SC1CC1. The van der Waals surface area contributed by atoms with Gasteiger partial charge in [-0.05, 0) is 45.2 Å². The topological polar surface area (TPSA) is 72.7 Å². The van der Waals surface area contributed by atoms with E-state index in [0.29, 0.717) is 11.8 Å². The average Bonchev–Trinajstić information content (AvgIpc) is 3.18. The van der Waals surface area contributed by atoms with Gasteiger partial charge in [0, 0.05) is 28.8 Å². The van der Waals surface area contributed by atoms with Crippen LogP contribution >= 0.6 is 11.8 Å². The summed E-state index contributed by atoms with van der Waals surface area (Å²) in [5.41, 5.74) is 0.253. The molecule has 1 atom stereocenters. The summed E-state index contributed by atoms with van der Waals surface area (Å²) < 4.78 is 5.49. The first-order chi connectivity index (χ1) is 11.7. The zero-order chi connectivity index (χ0) is 18.2. The number of carbonyl (C=O) groups excluding carboxylic acids is 1. The highest BCUT2D eigenvalue weighted by Gasteiger charge is 2.33. The summed E-state index contributed by atoms with van der Waals surface area (Å²) >= 11 is 1.74. The fourth-order valence-electron chi connectivity index (χ4n) is 2.65. The van der Waals surface area contributed by atoms with Gasteiger partial charge in [0.05, 0.1) is 11.0 Å². The van der Waals surface area contributed by atoms with Crippen molar-refractivity contribution in [3.8, 4) is 0 Å². The highest BCUT2D eigenvalue weighted by molar-refractivity contribution is 8.00. The summed E-state index contributed by atoms with van der Waals surface area (Å²) in [7, 11) is 0. The van der Waals surface area contributed by atoms with Crippen molar-refractivity contribution in [3.63, 3.8) is 0 Å². The molecule has 0 unspecified atom stereocenters. The third-order valence-electron chi connectivity index (χ3n) is 3.93. The standard InChI is InChI=1S/C18H22N2O4S/c1-18(2,3)24-17(21)19-10-4-5-15(19)14-11-12(20(22)23)6-9-16(14)25-13-7-8-13/h4-6,9,11,13,15H,7-8,10H2,1-3H3/t15-/m1/s1. The summed E-state index contributed by atoms with van der Waals surface area (Å²) in [6.07, 6.45) is 5.74. The number of ether oxygens (including phenoxy) is 1. The van der Waals surface area contributed by atoms with Gasteiger partial charge in [0.25, 0.3) is 5.69 Å². The van der Waals surface area contributed by atoms with Gasteiger partial charge in [-0.3, -0.25) is 15.0 Å². The zero-order valence-electron chi connectivity index (χ0n) is 14.6. The molecule has 6 nitrogen and oxygen atoms in total. The number of hydrogen-bond acceptors (Lipinski definition) is 5. The first kappa shape index (κ1) is 17.8. The molecule has 3 rings (SSSR count). The monoisotopic (exact) mass is 362 g/mol. The van der Waals surface area contributed by atoms with Crippen LogP contribution < -0.4 is 0 Å². The second-order valence-corrected chi connectivity index (χ2v) is 8.64. The van der Waals surface area contributed by atoms with Gasteiger partial charge in [0.15, 0.2) is 0 Å². The van der Waals surface area contributed by atoms with Crippen LogP contribution in [0, 0.1) is 10.1 Å². The highest BCUT2D eigenvalue weighted by atomic mass is 32.2. The van der Waals surface area contributed by atoms with Crippen molar-refractivity contribution in [2.75, 3.05) is 6.54 Å². The summed E-state index contributed by atoms with van der Waals surface area (Å²) in [5.74, 6) is 0. The van der Waals surface area contributed by atoms with Crippen LogP contribution in [0.3, 0.4) is 0 Å². The van der Waals surface area contributed by atoms with Crippen molar-refractivity contribution < 1.29 is 14.5 Å². The van der Waals surface area contributed by atoms with E-state index in [1.165, 1.54) is 6.07 Å². The minimum absolute atomic E-state index is 0.0413. The molecule has 134 valence electrons. The van der Waals surface area contributed by atoms with E-state index < -0.39 is 16.6 Å². The van der Waals surface area contributed by atoms with Gasteiger partial charge in [-0.1, -0.05) is 12.2 Å². The third-order valence-corrected chi connectivity index (χ3v) is 5.36. The first-order valence-corrected chi connectivity index (χ1v) is 9.24. The molecule has 0 N–H and O–H groups in total. The van der Waals surface area contributed by atoms with E-state index in [4.69, 9.17) is 4.74 Å². The van der Waals surface area contributed by atoms with Gasteiger partial charge < -0.3 is 4.74 Å². The fourth-order valence-corrected chi connectivity index (χ4v) is 3.85. The van der Waals surface area contributed by atoms with Crippen LogP contribution in [-0.2, 0) is 4.74 Å². The summed E-state index contributed by atoms with van der Waals surface area (Å²) in [4.78, 5) is 25.9. The molecule has 1 saturated carbocycles. The van der Waals surface area contributed by atoms with Crippen LogP contribution in [0.4, 0.5) is 10.5 Å². The molecule has 1 aromatic carbocycles. The molecule has 0 bridgehead atoms. The Kier molecular flexibility index (Phi) is 4.77. The van der Waals surface area contributed by atoms with Gasteiger partial charge >= 0.3 is 6.09 Å². The maximum Gasteiger partial charge on any atom is 0.411 e. The van der Waals surface area contributed by atoms with E-state index in [9.17, 15) is 14.9 Å². The summed E-state index contributed by atoms with van der Waals surface area (Å²) in [6.45, 7) is 5.91. The number of nitrogens with zero attached hydrogens (tertiary/aromatic N) is 2. The quantitative estimate of drug-likeness (QED) is 0.441. The largest absolute Gasteiger partial charge is 0.444 e. The Hall–Kier alpha value is -2.02. The zero-order valence-corrected chi connectivity index (χ0v) is 15.4. The van der Waals surface area contributed by atoms with Crippen LogP contribution in [-0.4, -0.2) is 33.3 Å². The van der Waals surface area contributed by atoms with Crippen LogP contribution in [0.5, 0.6) is 0 Å². The third kappa shape index (κ3) is 4.34. The molecule has 1 fully saturated rings. The van der Waals surface area contributed by atoms with Gasteiger partial charge in [-0.15, -0.1) is 11.8 Å². The molecular formula is C18H22N2O4S. The van der Waals surface area contributed by atoms with Gasteiger partial charge in [0.2, 0.25) is 0 Å². The molecule has 2 aliphatic rings. The lowest BCUT2D eigenvalue weighted by Crippen LogP contribution is -2.37. The number of nitro groups is 1. The Labute approximate surface area is 151 Å². The molecule has 1 aliphatic carbocycles. The molecule has 1 amide bonds. The Morgan fingerprint density at radius 3 is 2.68 bits per heavy atom. The van der Waals surface area contributed by atoms with Crippen molar-refractivity contribution in [2.24, 2.45) is 0 Å². The molecule has 1 aliphatic heterocycles. The molecule has 1 heterocycles. The maximum atomic E-state index is 12.5. The van der Waals surface area contributed by atoms with Gasteiger partial charge in [-0.2, -0.15) is 0 Å². The summed E-state index contributed by atoms with van der Waals surface area (Å²) in [6, 6.07) is 4.58. The van der Waals surface area contributed by atoms with E-state index in [2.05, 4.69) is 0 Å². The normalized spacial score (nSPS) is 20.0. The second kappa shape index (κ2) is 6.71. The van der Waals surface area contributed by atoms with E-state index in [1.807, 2.05) is 32.9 Å². The predicted octanol–water partition coefficient (Wildman–Crippen LogP) is 4.70. The van der Waals surface area contributed by atoms with Crippen molar-refractivity contribution in [3.05, 3.63) is 46.0 Å². The lowest BCUT2D eigenvalue weighted by Gasteiger charge is -2.29. The van der Waals surface area contributed by atoms with Crippen LogP contribution in [0.1, 0.15) is 45.2 Å². The highest BCUT2D eigenvalue weighted by Crippen LogP contribution is 2.44. The Morgan fingerprint density at radius 2 is 2.08 bits per heavy atom. The molecule has 25 heavy (non-hydrogen) atoms. The number of hydrogen-bond donors (Lipinski definition) is 0. The second-order valence-electron chi connectivity index (χ2n) is 7.30. The van der Waals surface area contributed by atoms with Crippen LogP contribution in [0.15, 0.2) is 35.2 Å². The number of amides is 1. The molecule has 0 aromatic heterocycles. The predicted molar refractivity (Wildman–Crippen MR) is 96.8 cm³/mol. The van der Waals surface area contributed by atoms with E-state index in [1.54, 1.807) is 28.8 Å². The lowest BCUT2D eigenvalue weighted by molar-refractivity contribution is -0.385. The summed E-state index contributed by atoms with van der Waals surface area (Å²) in [5, 5.41) is 11.8. The van der Waals surface area contributed by atoms with E-state index >= 15 is 0 Å². The van der Waals surface area contributed by atoms with Gasteiger partial charge in [-0.25, -0.2) is 4.79 Å². The molecule has 1 aromatic rings. The minimum Gasteiger partial charge on any atom is -0.444 e. The van der Waals surface area contributed by atoms with Crippen LogP contribution in [0.2, 0.25) is 0 Å². The number of thioether (sulfide) groups is 1. The van der Waals surface area contributed by atoms with E-state index in [-0.39, 0.29) is 11.7 Å². The number of rotatable bonds is 4. The maximum absolute atomic E-state index is 12.5. The average molecular weight is 362 g/mol. The minimum atomic E-state index is -0.585. The molecular weight excluding hydrogens is 340 g/mol. The molecule has 0 saturated heterocycles. The Morgan fingerprint density at radius 1 is 1.36 bits per heavy atom. The van der Waals surface area contributed by atoms with Crippen molar-refractivity contribution in [1.82, 2.24) is 4.90 Å². The van der Waals surface area contributed by atoms with Crippen molar-refractivity contribution in [2.45, 2.75) is 55.4 Å². The van der Waals surface area contributed by atoms with Gasteiger partial charge in [0.1, 0.15) is 5.60 Å². The Balaban J connectivity index is 1.91. The fraction of sp³-hybridized carbons (Fsp3) is 0.500. The first-order valence-electron chi connectivity index (χ1n) is 8.36. The van der Waals surface area contributed by atoms with Crippen molar-refractivity contribution in [1.29, 1.82) is 0 Å². The van der Waals surface area contributed by atoms with Crippen molar-refractivity contribution >= 4 is 23.5 Å².